The second-order valence-electron chi connectivity index (χ2n) is 7.74. The largest absolute Gasteiger partial charge is 0.467 e. The van der Waals surface area contributed by atoms with Gasteiger partial charge in [0.2, 0.25) is 5.88 Å². The molecular formula is C22H21ClF3N5O3. The van der Waals surface area contributed by atoms with Gasteiger partial charge in [0.25, 0.3) is 5.91 Å². The Labute approximate surface area is 198 Å². The molecule has 0 spiro atoms. The summed E-state index contributed by atoms with van der Waals surface area (Å²) < 4.78 is 46.1. The van der Waals surface area contributed by atoms with Gasteiger partial charge in [-0.2, -0.15) is 18.3 Å². The molecule has 2 heterocycles. The standard InChI is InChI=1S/C22H21ClF3N5O3/c1-29-9-10-30(21(29)33)15-6-4-5-14(11-15)27-19(32)13-34-20-12-18(22(24,25)26)28-31(20)17-8-3-2-7-16(17)23/h2-6,8,11-12,16H,7,9-10,13H2,1H3,(H,27,32). The van der Waals surface area contributed by atoms with Crippen molar-refractivity contribution in [3.05, 3.63) is 54.3 Å². The fourth-order valence-electron chi connectivity index (χ4n) is 3.56. The zero-order valence-electron chi connectivity index (χ0n) is 18.1. The van der Waals surface area contributed by atoms with Crippen molar-refractivity contribution in [2.45, 2.75) is 18.0 Å². The number of anilines is 2. The Bertz CT molecular complexity index is 1160. The minimum Gasteiger partial charge on any atom is -0.467 e. The van der Waals surface area contributed by atoms with Crippen LogP contribution >= 0.6 is 11.6 Å². The Morgan fingerprint density at radius 1 is 1.29 bits per heavy atom. The average Bonchev–Trinajstić information content (AvgIpc) is 3.36. The molecule has 3 amide bonds. The number of hydrogen-bond acceptors (Lipinski definition) is 4. The number of urea groups is 1. The van der Waals surface area contributed by atoms with Crippen molar-refractivity contribution in [1.82, 2.24) is 14.7 Å². The Kier molecular flexibility index (Phi) is 6.56. The van der Waals surface area contributed by atoms with Crippen LogP contribution in [0.4, 0.5) is 29.3 Å². The van der Waals surface area contributed by atoms with Crippen molar-refractivity contribution >= 4 is 40.6 Å². The highest BCUT2D eigenvalue weighted by atomic mass is 35.5. The van der Waals surface area contributed by atoms with E-state index >= 15 is 0 Å². The maximum atomic E-state index is 13.2. The van der Waals surface area contributed by atoms with Gasteiger partial charge in [0, 0.05) is 37.6 Å². The fourth-order valence-corrected chi connectivity index (χ4v) is 3.83. The molecule has 1 saturated heterocycles. The average molecular weight is 496 g/mol. The number of benzene rings is 1. The molecule has 1 aliphatic carbocycles. The number of ether oxygens (including phenoxy) is 1. The maximum Gasteiger partial charge on any atom is 0.435 e. The molecule has 1 atom stereocenters. The number of allylic oxidation sites excluding steroid dienone is 4. The first-order chi connectivity index (χ1) is 16.1. The zero-order valence-corrected chi connectivity index (χ0v) is 18.8. The third-order valence-electron chi connectivity index (χ3n) is 5.29. The lowest BCUT2D eigenvalue weighted by molar-refractivity contribution is -0.141. The second kappa shape index (κ2) is 9.41. The lowest BCUT2D eigenvalue weighted by Crippen LogP contribution is -2.29. The molecule has 180 valence electrons. The summed E-state index contributed by atoms with van der Waals surface area (Å²) in [6.45, 7) is 0.550. The van der Waals surface area contributed by atoms with E-state index in [-0.39, 0.29) is 11.9 Å². The molecule has 2 aromatic rings. The highest BCUT2D eigenvalue weighted by molar-refractivity contribution is 6.25. The number of halogens is 4. The number of nitrogens with zero attached hydrogens (tertiary/aromatic N) is 4. The number of carbonyl (C=O) groups excluding carboxylic acids is 2. The van der Waals surface area contributed by atoms with Gasteiger partial charge in [0.15, 0.2) is 12.3 Å². The SMILES string of the molecule is CN1CCN(c2cccc(NC(=O)COc3cc(C(F)(F)F)nn3C3=CC=CCC3Cl)c2)C1=O. The number of hydrogen-bond donors (Lipinski definition) is 1. The highest BCUT2D eigenvalue weighted by Gasteiger charge is 2.36. The van der Waals surface area contributed by atoms with Crippen LogP contribution in [-0.4, -0.2) is 58.7 Å². The number of aromatic nitrogens is 2. The van der Waals surface area contributed by atoms with E-state index in [9.17, 15) is 22.8 Å². The first kappa shape index (κ1) is 23.7. The number of amides is 3. The van der Waals surface area contributed by atoms with Crippen molar-refractivity contribution < 1.29 is 27.5 Å². The number of likely N-dealkylation sites (N-methyl/N-ethyl adjacent to an activating group) is 1. The van der Waals surface area contributed by atoms with E-state index in [1.54, 1.807) is 59.3 Å². The molecule has 1 fully saturated rings. The molecule has 12 heteroatoms. The van der Waals surface area contributed by atoms with Gasteiger partial charge in [0.05, 0.1) is 11.1 Å². The van der Waals surface area contributed by atoms with Crippen molar-refractivity contribution in [3.63, 3.8) is 0 Å². The van der Waals surface area contributed by atoms with Gasteiger partial charge < -0.3 is 15.0 Å². The summed E-state index contributed by atoms with van der Waals surface area (Å²) in [5.41, 5.74) is 0.184. The lowest BCUT2D eigenvalue weighted by Gasteiger charge is -2.18. The third-order valence-corrected chi connectivity index (χ3v) is 5.69. The van der Waals surface area contributed by atoms with Crippen molar-refractivity contribution in [2.75, 3.05) is 37.0 Å². The molecule has 1 aliphatic heterocycles. The topological polar surface area (TPSA) is 79.7 Å². The summed E-state index contributed by atoms with van der Waals surface area (Å²) in [7, 11) is 1.70. The van der Waals surface area contributed by atoms with E-state index in [2.05, 4.69) is 10.4 Å². The van der Waals surface area contributed by atoms with Gasteiger partial charge in [-0.1, -0.05) is 18.2 Å². The molecule has 1 aromatic carbocycles. The minimum absolute atomic E-state index is 0.148. The van der Waals surface area contributed by atoms with Crippen LogP contribution in [0.3, 0.4) is 0 Å². The summed E-state index contributed by atoms with van der Waals surface area (Å²) in [5, 5.41) is 5.62. The fraction of sp³-hybridized carbons (Fsp3) is 0.318. The Hall–Kier alpha value is -3.47. The van der Waals surface area contributed by atoms with Crippen LogP contribution in [-0.2, 0) is 11.0 Å². The van der Waals surface area contributed by atoms with Gasteiger partial charge in [-0.3, -0.25) is 9.69 Å². The monoisotopic (exact) mass is 495 g/mol. The zero-order chi connectivity index (χ0) is 24.5. The molecule has 1 unspecified atom stereocenters. The Morgan fingerprint density at radius 2 is 2.09 bits per heavy atom. The number of nitrogens with one attached hydrogen (secondary N) is 1. The highest BCUT2D eigenvalue weighted by Crippen LogP contribution is 2.34. The van der Waals surface area contributed by atoms with Gasteiger partial charge in [-0.15, -0.1) is 11.6 Å². The van der Waals surface area contributed by atoms with Crippen LogP contribution in [0.5, 0.6) is 5.88 Å². The molecule has 0 saturated carbocycles. The van der Waals surface area contributed by atoms with E-state index in [0.717, 1.165) is 10.7 Å². The normalized spacial score (nSPS) is 18.3. The van der Waals surface area contributed by atoms with Gasteiger partial charge in [-0.25, -0.2) is 9.48 Å². The van der Waals surface area contributed by atoms with Crippen molar-refractivity contribution in [3.8, 4) is 5.88 Å². The lowest BCUT2D eigenvalue weighted by atomic mass is 10.1. The molecule has 8 nitrogen and oxygen atoms in total. The molecule has 2 aliphatic rings. The predicted octanol–water partition coefficient (Wildman–Crippen LogP) is 4.20. The first-order valence-corrected chi connectivity index (χ1v) is 10.8. The summed E-state index contributed by atoms with van der Waals surface area (Å²) >= 11 is 6.24. The molecule has 1 N–H and O–H groups in total. The van der Waals surface area contributed by atoms with Crippen molar-refractivity contribution in [1.29, 1.82) is 0 Å². The van der Waals surface area contributed by atoms with E-state index in [1.165, 1.54) is 0 Å². The van der Waals surface area contributed by atoms with Gasteiger partial charge in [-0.05, 0) is 30.7 Å². The van der Waals surface area contributed by atoms with Crippen LogP contribution < -0.4 is 15.0 Å². The quantitative estimate of drug-likeness (QED) is 0.609. The van der Waals surface area contributed by atoms with Gasteiger partial charge >= 0.3 is 12.2 Å². The molecule has 34 heavy (non-hydrogen) atoms. The smallest absolute Gasteiger partial charge is 0.435 e. The van der Waals surface area contributed by atoms with Crippen LogP contribution in [0.15, 0.2) is 48.6 Å². The van der Waals surface area contributed by atoms with Gasteiger partial charge in [0.1, 0.15) is 0 Å². The second-order valence-corrected chi connectivity index (χ2v) is 8.27. The van der Waals surface area contributed by atoms with E-state index in [0.29, 0.717) is 36.6 Å². The number of rotatable bonds is 6. The summed E-state index contributed by atoms with van der Waals surface area (Å²) in [4.78, 5) is 27.8. The Morgan fingerprint density at radius 3 is 2.76 bits per heavy atom. The number of alkyl halides is 4. The first-order valence-electron chi connectivity index (χ1n) is 10.4. The van der Waals surface area contributed by atoms with Crippen LogP contribution in [0.1, 0.15) is 12.1 Å². The Balaban J connectivity index is 1.47. The van der Waals surface area contributed by atoms with E-state index in [4.69, 9.17) is 16.3 Å². The predicted molar refractivity (Wildman–Crippen MR) is 121 cm³/mol. The van der Waals surface area contributed by atoms with Crippen molar-refractivity contribution in [2.24, 2.45) is 0 Å². The molecule has 1 aromatic heterocycles. The molecule has 0 bridgehead atoms. The summed E-state index contributed by atoms with van der Waals surface area (Å²) in [6, 6.07) is 7.28. The minimum atomic E-state index is -4.69. The van der Waals surface area contributed by atoms with Crippen LogP contribution in [0.25, 0.3) is 5.70 Å². The van der Waals surface area contributed by atoms with Crippen LogP contribution in [0.2, 0.25) is 0 Å². The maximum absolute atomic E-state index is 13.2. The van der Waals surface area contributed by atoms with Crippen LogP contribution in [0, 0.1) is 0 Å². The number of carbonyl (C=O) groups is 2. The van der Waals surface area contributed by atoms with E-state index < -0.39 is 29.8 Å². The molecule has 0 radical (unpaired) electrons. The molecule has 4 rings (SSSR count). The molecular weight excluding hydrogens is 475 g/mol. The summed E-state index contributed by atoms with van der Waals surface area (Å²) in [6.07, 6.45) is 0.713. The van der Waals surface area contributed by atoms with E-state index in [1.807, 2.05) is 0 Å². The third kappa shape index (κ3) is 5.04. The summed E-state index contributed by atoms with van der Waals surface area (Å²) in [5.74, 6) is -0.850.